The van der Waals surface area contributed by atoms with Crippen LogP contribution in [0.25, 0.3) is 11.4 Å². The van der Waals surface area contributed by atoms with Crippen LogP contribution in [0.5, 0.6) is 5.75 Å². The third-order valence-electron chi connectivity index (χ3n) is 3.77. The van der Waals surface area contributed by atoms with Gasteiger partial charge in [-0.2, -0.15) is 0 Å². The zero-order chi connectivity index (χ0) is 16.9. The van der Waals surface area contributed by atoms with Crippen LogP contribution in [0, 0.1) is 6.92 Å². The molecule has 0 radical (unpaired) electrons. The summed E-state index contributed by atoms with van der Waals surface area (Å²) in [6.07, 6.45) is 2.72. The number of benzene rings is 1. The van der Waals surface area contributed by atoms with Gasteiger partial charge in [0.05, 0.1) is 18.9 Å². The maximum absolute atomic E-state index is 5.41. The monoisotopic (exact) mass is 343 g/mol. The largest absolute Gasteiger partial charge is 0.497 e. The van der Waals surface area contributed by atoms with Crippen molar-refractivity contribution < 1.29 is 9.15 Å². The van der Waals surface area contributed by atoms with Gasteiger partial charge in [0.25, 0.3) is 0 Å². The molecule has 1 aromatic carbocycles. The molecule has 6 heteroatoms. The summed E-state index contributed by atoms with van der Waals surface area (Å²) < 4.78 is 12.9. The summed E-state index contributed by atoms with van der Waals surface area (Å²) in [4.78, 5) is 0. The van der Waals surface area contributed by atoms with Crippen molar-refractivity contribution >= 4 is 11.8 Å². The first kappa shape index (κ1) is 16.6. The van der Waals surface area contributed by atoms with E-state index in [1.54, 1.807) is 25.1 Å². The first-order chi connectivity index (χ1) is 11.7. The van der Waals surface area contributed by atoms with Gasteiger partial charge in [0, 0.05) is 12.3 Å². The molecular formula is C18H21N3O2S. The molecular weight excluding hydrogens is 322 g/mol. The van der Waals surface area contributed by atoms with Gasteiger partial charge in [0.1, 0.15) is 11.5 Å². The molecule has 0 atom stereocenters. The molecule has 5 nitrogen and oxygen atoms in total. The van der Waals surface area contributed by atoms with Crippen LogP contribution in [0.15, 0.2) is 46.2 Å². The maximum Gasteiger partial charge on any atom is 0.191 e. The Kier molecular flexibility index (Phi) is 5.25. The van der Waals surface area contributed by atoms with Crippen molar-refractivity contribution in [3.63, 3.8) is 0 Å². The van der Waals surface area contributed by atoms with Gasteiger partial charge in [0.2, 0.25) is 0 Å². The number of ether oxygens (including phenoxy) is 1. The van der Waals surface area contributed by atoms with Gasteiger partial charge in [-0.15, -0.1) is 10.2 Å². The lowest BCUT2D eigenvalue weighted by Crippen LogP contribution is -2.02. The molecule has 0 spiro atoms. The molecule has 2 aromatic heterocycles. The molecule has 0 saturated heterocycles. The Morgan fingerprint density at radius 1 is 1.25 bits per heavy atom. The fourth-order valence-electron chi connectivity index (χ4n) is 2.55. The number of aromatic nitrogens is 3. The molecule has 2 heterocycles. The van der Waals surface area contributed by atoms with Crippen molar-refractivity contribution in [2.45, 2.75) is 37.7 Å². The van der Waals surface area contributed by atoms with E-state index in [2.05, 4.69) is 33.8 Å². The Hall–Kier alpha value is -2.21. The fourth-order valence-corrected chi connectivity index (χ4v) is 3.45. The van der Waals surface area contributed by atoms with Crippen molar-refractivity contribution in [2.75, 3.05) is 7.11 Å². The van der Waals surface area contributed by atoms with Crippen LogP contribution in [-0.2, 0) is 12.3 Å². The topological polar surface area (TPSA) is 53.1 Å². The Morgan fingerprint density at radius 2 is 2.12 bits per heavy atom. The number of nitrogens with zero attached hydrogens (tertiary/aromatic N) is 3. The molecule has 0 aliphatic rings. The maximum atomic E-state index is 5.41. The van der Waals surface area contributed by atoms with E-state index in [1.807, 2.05) is 25.1 Å². The van der Waals surface area contributed by atoms with Crippen LogP contribution in [0.2, 0.25) is 0 Å². The van der Waals surface area contributed by atoms with E-state index in [9.17, 15) is 0 Å². The second-order valence-electron chi connectivity index (χ2n) is 5.49. The number of aryl methyl sites for hydroxylation is 1. The minimum atomic E-state index is 0.823. The van der Waals surface area contributed by atoms with E-state index in [4.69, 9.17) is 9.15 Å². The second kappa shape index (κ2) is 7.57. The van der Waals surface area contributed by atoms with E-state index < -0.39 is 0 Å². The average molecular weight is 343 g/mol. The summed E-state index contributed by atoms with van der Waals surface area (Å²) in [6, 6.07) is 10.0. The molecule has 0 amide bonds. The zero-order valence-electron chi connectivity index (χ0n) is 14.2. The molecule has 3 rings (SSSR count). The summed E-state index contributed by atoms with van der Waals surface area (Å²) in [5, 5.41) is 9.71. The smallest absolute Gasteiger partial charge is 0.191 e. The lowest BCUT2D eigenvalue weighted by molar-refractivity contribution is 0.414. The van der Waals surface area contributed by atoms with Crippen LogP contribution in [0.3, 0.4) is 0 Å². The fraction of sp³-hybridized carbons (Fsp3) is 0.333. The third-order valence-corrected chi connectivity index (χ3v) is 4.80. The molecule has 126 valence electrons. The number of hydrogen-bond donors (Lipinski definition) is 0. The lowest BCUT2D eigenvalue weighted by Gasteiger charge is -2.09. The second-order valence-corrected chi connectivity index (χ2v) is 6.43. The van der Waals surface area contributed by atoms with Crippen molar-refractivity contribution in [3.8, 4) is 17.1 Å². The Balaban J connectivity index is 1.83. The van der Waals surface area contributed by atoms with Crippen LogP contribution in [0.1, 0.15) is 24.7 Å². The third kappa shape index (κ3) is 3.48. The highest BCUT2D eigenvalue weighted by Crippen LogP contribution is 2.29. The minimum absolute atomic E-state index is 0.823. The van der Waals surface area contributed by atoms with E-state index in [0.717, 1.165) is 46.8 Å². The Bertz CT molecular complexity index is 810. The molecule has 0 N–H and O–H groups in total. The van der Waals surface area contributed by atoms with Gasteiger partial charge >= 0.3 is 0 Å². The van der Waals surface area contributed by atoms with Crippen LogP contribution >= 0.6 is 11.8 Å². The highest BCUT2D eigenvalue weighted by molar-refractivity contribution is 7.98. The first-order valence-corrected chi connectivity index (χ1v) is 8.95. The molecule has 0 unspecified atom stereocenters. The van der Waals surface area contributed by atoms with Crippen molar-refractivity contribution in [2.24, 2.45) is 0 Å². The Morgan fingerprint density at radius 3 is 2.83 bits per heavy atom. The van der Waals surface area contributed by atoms with Gasteiger partial charge in [-0.1, -0.05) is 30.8 Å². The number of hydrogen-bond acceptors (Lipinski definition) is 5. The quantitative estimate of drug-likeness (QED) is 0.589. The highest BCUT2D eigenvalue weighted by atomic mass is 32.2. The van der Waals surface area contributed by atoms with E-state index in [-0.39, 0.29) is 0 Å². The molecule has 0 fully saturated rings. The van der Waals surface area contributed by atoms with E-state index in [1.165, 1.54) is 5.56 Å². The molecule has 0 bridgehead atoms. The van der Waals surface area contributed by atoms with E-state index in [0.29, 0.717) is 0 Å². The van der Waals surface area contributed by atoms with Crippen LogP contribution < -0.4 is 4.74 Å². The molecule has 0 aliphatic carbocycles. The first-order valence-electron chi connectivity index (χ1n) is 7.96. The standard InChI is InChI=1S/C18H21N3O2S/c1-4-9-21-17(16-8-10-23-13(16)2)19-20-18(21)24-12-14-6-5-7-15(11-14)22-3/h5-8,10-11H,4,9,12H2,1-3H3. The average Bonchev–Trinajstić information content (AvgIpc) is 3.19. The zero-order valence-corrected chi connectivity index (χ0v) is 15.0. The van der Waals surface area contributed by atoms with Crippen LogP contribution in [0.4, 0.5) is 0 Å². The van der Waals surface area contributed by atoms with Gasteiger partial charge in [-0.3, -0.25) is 0 Å². The van der Waals surface area contributed by atoms with Crippen LogP contribution in [-0.4, -0.2) is 21.9 Å². The predicted octanol–water partition coefficient (Wildman–Crippen LogP) is 4.56. The number of methoxy groups -OCH3 is 1. The van der Waals surface area contributed by atoms with Gasteiger partial charge in [-0.25, -0.2) is 0 Å². The summed E-state index contributed by atoms with van der Waals surface area (Å²) >= 11 is 1.69. The molecule has 0 saturated carbocycles. The summed E-state index contributed by atoms with van der Waals surface area (Å²) in [5.74, 6) is 3.43. The number of furan rings is 1. The summed E-state index contributed by atoms with van der Waals surface area (Å²) in [6.45, 7) is 4.99. The van der Waals surface area contributed by atoms with Gasteiger partial charge in [-0.05, 0) is 37.1 Å². The normalized spacial score (nSPS) is 11.0. The number of rotatable bonds is 7. The minimum Gasteiger partial charge on any atom is -0.497 e. The molecule has 3 aromatic rings. The lowest BCUT2D eigenvalue weighted by atomic mass is 10.2. The Labute approximate surface area is 146 Å². The molecule has 24 heavy (non-hydrogen) atoms. The van der Waals surface area contributed by atoms with Gasteiger partial charge < -0.3 is 13.7 Å². The van der Waals surface area contributed by atoms with Crippen molar-refractivity contribution in [1.29, 1.82) is 0 Å². The summed E-state index contributed by atoms with van der Waals surface area (Å²) in [7, 11) is 1.68. The molecule has 0 aliphatic heterocycles. The predicted molar refractivity (Wildman–Crippen MR) is 95.3 cm³/mol. The van der Waals surface area contributed by atoms with Gasteiger partial charge in [0.15, 0.2) is 11.0 Å². The summed E-state index contributed by atoms with van der Waals surface area (Å²) in [5.41, 5.74) is 2.20. The number of thioether (sulfide) groups is 1. The highest BCUT2D eigenvalue weighted by Gasteiger charge is 2.17. The SMILES string of the molecule is CCCn1c(SCc2cccc(OC)c2)nnc1-c1ccoc1C. The van der Waals surface area contributed by atoms with Crippen molar-refractivity contribution in [1.82, 2.24) is 14.8 Å². The van der Waals surface area contributed by atoms with Crippen molar-refractivity contribution in [3.05, 3.63) is 47.9 Å². The van der Waals surface area contributed by atoms with E-state index >= 15 is 0 Å².